The zero-order chi connectivity index (χ0) is 15.5. The number of alkyl halides is 3. The van der Waals surface area contributed by atoms with Crippen LogP contribution in [0.15, 0.2) is 29.8 Å². The summed E-state index contributed by atoms with van der Waals surface area (Å²) in [6.45, 7) is 4.35. The molecule has 0 atom stereocenters. The summed E-state index contributed by atoms with van der Waals surface area (Å²) in [5.41, 5.74) is 0.631. The highest BCUT2D eigenvalue weighted by molar-refractivity contribution is 6.00. The van der Waals surface area contributed by atoms with Gasteiger partial charge in [-0.3, -0.25) is 9.69 Å². The van der Waals surface area contributed by atoms with Crippen molar-refractivity contribution in [3.63, 3.8) is 0 Å². The van der Waals surface area contributed by atoms with Crippen LogP contribution in [0, 0.1) is 0 Å². The van der Waals surface area contributed by atoms with Gasteiger partial charge < -0.3 is 0 Å². The number of hydrogen-bond acceptors (Lipinski definition) is 2. The third-order valence-corrected chi connectivity index (χ3v) is 3.53. The minimum absolute atomic E-state index is 0.0854. The van der Waals surface area contributed by atoms with E-state index in [1.165, 1.54) is 12.1 Å². The van der Waals surface area contributed by atoms with E-state index >= 15 is 0 Å². The molecule has 2 rings (SSSR count). The predicted octanol–water partition coefficient (Wildman–Crippen LogP) is 3.77. The van der Waals surface area contributed by atoms with Crippen LogP contribution < -0.4 is 0 Å². The molecule has 114 valence electrons. The molecule has 0 amide bonds. The van der Waals surface area contributed by atoms with Crippen LogP contribution in [-0.4, -0.2) is 30.3 Å². The Morgan fingerprint density at radius 2 is 1.90 bits per heavy atom. The first kappa shape index (κ1) is 15.8. The number of rotatable bonds is 3. The standard InChI is InChI=1S/C16H18F3NO/c1-2-8-20-9-7-15(21)13(11-20)10-12-3-5-14(6-4-12)16(17,18)19/h3-6,10H,2,7-9,11H2,1H3/b13-10+. The molecule has 1 aliphatic heterocycles. The van der Waals surface area contributed by atoms with Crippen LogP contribution in [0.2, 0.25) is 0 Å². The van der Waals surface area contributed by atoms with Crippen LogP contribution in [0.4, 0.5) is 13.2 Å². The van der Waals surface area contributed by atoms with Crippen molar-refractivity contribution in [2.24, 2.45) is 0 Å². The molecule has 1 saturated heterocycles. The Bertz CT molecular complexity index is 531. The molecule has 0 spiro atoms. The number of Topliss-reactive ketones (excluding diaryl/α,β-unsaturated/α-hetero) is 1. The minimum Gasteiger partial charge on any atom is -0.299 e. The average Bonchev–Trinajstić information content (AvgIpc) is 2.42. The summed E-state index contributed by atoms with van der Waals surface area (Å²) in [6, 6.07) is 4.90. The molecule has 1 fully saturated rings. The monoisotopic (exact) mass is 297 g/mol. The Morgan fingerprint density at radius 1 is 1.24 bits per heavy atom. The van der Waals surface area contributed by atoms with Crippen molar-refractivity contribution >= 4 is 11.9 Å². The number of piperidine rings is 1. The molecule has 0 aromatic heterocycles. The van der Waals surface area contributed by atoms with Crippen molar-refractivity contribution in [2.75, 3.05) is 19.6 Å². The van der Waals surface area contributed by atoms with Crippen LogP contribution in [-0.2, 0) is 11.0 Å². The Hall–Kier alpha value is -1.62. The van der Waals surface area contributed by atoms with Crippen molar-refractivity contribution in [3.05, 3.63) is 41.0 Å². The predicted molar refractivity (Wildman–Crippen MR) is 75.8 cm³/mol. The molecule has 0 N–H and O–H groups in total. The van der Waals surface area contributed by atoms with Crippen molar-refractivity contribution in [2.45, 2.75) is 25.9 Å². The molecule has 1 aromatic carbocycles. The van der Waals surface area contributed by atoms with E-state index in [0.717, 1.165) is 31.6 Å². The van der Waals surface area contributed by atoms with E-state index < -0.39 is 11.7 Å². The molecule has 1 aliphatic rings. The van der Waals surface area contributed by atoms with Gasteiger partial charge in [-0.05, 0) is 36.7 Å². The van der Waals surface area contributed by atoms with E-state index in [1.54, 1.807) is 6.08 Å². The normalized spacial score (nSPS) is 19.2. The van der Waals surface area contributed by atoms with Crippen molar-refractivity contribution in [3.8, 4) is 0 Å². The molecule has 0 unspecified atom stereocenters. The maximum absolute atomic E-state index is 12.5. The molecular formula is C16H18F3NO. The lowest BCUT2D eigenvalue weighted by molar-refractivity contribution is -0.137. The number of ketones is 1. The fourth-order valence-electron chi connectivity index (χ4n) is 2.43. The molecule has 0 bridgehead atoms. The molecular weight excluding hydrogens is 279 g/mol. The lowest BCUT2D eigenvalue weighted by Crippen LogP contribution is -2.36. The van der Waals surface area contributed by atoms with Crippen molar-refractivity contribution < 1.29 is 18.0 Å². The summed E-state index contributed by atoms with van der Waals surface area (Å²) < 4.78 is 37.5. The van der Waals surface area contributed by atoms with E-state index in [4.69, 9.17) is 0 Å². The fourth-order valence-corrected chi connectivity index (χ4v) is 2.43. The Morgan fingerprint density at radius 3 is 2.48 bits per heavy atom. The van der Waals surface area contributed by atoms with Crippen molar-refractivity contribution in [1.82, 2.24) is 4.90 Å². The van der Waals surface area contributed by atoms with E-state index in [0.29, 0.717) is 24.1 Å². The van der Waals surface area contributed by atoms with Crippen LogP contribution in [0.3, 0.4) is 0 Å². The molecule has 1 aromatic rings. The smallest absolute Gasteiger partial charge is 0.299 e. The van der Waals surface area contributed by atoms with Gasteiger partial charge in [0, 0.05) is 25.1 Å². The van der Waals surface area contributed by atoms with Crippen molar-refractivity contribution in [1.29, 1.82) is 0 Å². The largest absolute Gasteiger partial charge is 0.416 e. The maximum atomic E-state index is 12.5. The highest BCUT2D eigenvalue weighted by Crippen LogP contribution is 2.29. The first-order chi connectivity index (χ1) is 9.90. The summed E-state index contributed by atoms with van der Waals surface area (Å²) >= 11 is 0. The number of halogens is 3. The van der Waals surface area contributed by atoms with Crippen LogP contribution in [0.5, 0.6) is 0 Å². The Kier molecular flexibility index (Phi) is 4.83. The number of nitrogens with zero attached hydrogens (tertiary/aromatic N) is 1. The molecule has 0 radical (unpaired) electrons. The molecule has 5 heteroatoms. The van der Waals surface area contributed by atoms with Gasteiger partial charge in [-0.25, -0.2) is 0 Å². The minimum atomic E-state index is -4.33. The molecule has 21 heavy (non-hydrogen) atoms. The van der Waals surface area contributed by atoms with Gasteiger partial charge in [-0.1, -0.05) is 19.1 Å². The van der Waals surface area contributed by atoms with Gasteiger partial charge in [-0.2, -0.15) is 13.2 Å². The summed E-state index contributed by atoms with van der Waals surface area (Å²) in [6.07, 6.45) is -1.14. The molecule has 0 saturated carbocycles. The van der Waals surface area contributed by atoms with Gasteiger partial charge in [0.2, 0.25) is 0 Å². The second-order valence-corrected chi connectivity index (χ2v) is 5.24. The van der Waals surface area contributed by atoms with Gasteiger partial charge >= 0.3 is 6.18 Å². The SMILES string of the molecule is CCCN1CCC(=O)/C(=C/c2ccc(C(F)(F)F)cc2)C1. The van der Waals surface area contributed by atoms with Gasteiger partial charge in [0.1, 0.15) is 0 Å². The summed E-state index contributed by atoms with van der Waals surface area (Å²) in [4.78, 5) is 14.1. The zero-order valence-corrected chi connectivity index (χ0v) is 11.9. The van der Waals surface area contributed by atoms with Crippen LogP contribution in [0.1, 0.15) is 30.9 Å². The Balaban J connectivity index is 2.15. The number of likely N-dealkylation sites (tertiary alicyclic amines) is 1. The zero-order valence-electron chi connectivity index (χ0n) is 11.9. The van der Waals surface area contributed by atoms with Gasteiger partial charge in [0.15, 0.2) is 5.78 Å². The van der Waals surface area contributed by atoms with Gasteiger partial charge in [0.05, 0.1) is 5.56 Å². The van der Waals surface area contributed by atoms with E-state index in [-0.39, 0.29) is 5.78 Å². The number of carbonyl (C=O) groups is 1. The second kappa shape index (κ2) is 6.43. The van der Waals surface area contributed by atoms with Crippen LogP contribution in [0.25, 0.3) is 6.08 Å². The second-order valence-electron chi connectivity index (χ2n) is 5.24. The third kappa shape index (κ3) is 4.17. The lowest BCUT2D eigenvalue weighted by atomic mass is 9.99. The van der Waals surface area contributed by atoms with Gasteiger partial charge in [0.25, 0.3) is 0 Å². The average molecular weight is 297 g/mol. The van der Waals surface area contributed by atoms with Gasteiger partial charge in [-0.15, -0.1) is 0 Å². The molecule has 2 nitrogen and oxygen atoms in total. The quantitative estimate of drug-likeness (QED) is 0.792. The third-order valence-electron chi connectivity index (χ3n) is 3.53. The number of carbonyl (C=O) groups excluding carboxylic acids is 1. The summed E-state index contributed by atoms with van der Waals surface area (Å²) in [5.74, 6) is 0.0854. The highest BCUT2D eigenvalue weighted by Gasteiger charge is 2.30. The highest BCUT2D eigenvalue weighted by atomic mass is 19.4. The van der Waals surface area contributed by atoms with E-state index in [9.17, 15) is 18.0 Å². The maximum Gasteiger partial charge on any atom is 0.416 e. The number of hydrogen-bond donors (Lipinski definition) is 0. The first-order valence-electron chi connectivity index (χ1n) is 7.03. The van der Waals surface area contributed by atoms with E-state index in [1.807, 2.05) is 0 Å². The number of benzene rings is 1. The Labute approximate surface area is 122 Å². The van der Waals surface area contributed by atoms with E-state index in [2.05, 4.69) is 11.8 Å². The van der Waals surface area contributed by atoms with Crippen LogP contribution >= 0.6 is 0 Å². The summed E-state index contributed by atoms with van der Waals surface area (Å²) in [7, 11) is 0. The fraction of sp³-hybridized carbons (Fsp3) is 0.438. The topological polar surface area (TPSA) is 20.3 Å². The molecule has 0 aliphatic carbocycles. The first-order valence-corrected chi connectivity index (χ1v) is 7.03. The molecule has 1 heterocycles. The lowest BCUT2D eigenvalue weighted by Gasteiger charge is -2.27. The summed E-state index contributed by atoms with van der Waals surface area (Å²) in [5, 5.41) is 0.